The monoisotopic (exact) mass is 300 g/mol. The molecule has 1 aromatic carbocycles. The van der Waals surface area contributed by atoms with Gasteiger partial charge < -0.3 is 5.32 Å². The maximum atomic E-state index is 13.0. The van der Waals surface area contributed by atoms with Crippen molar-refractivity contribution in [3.63, 3.8) is 0 Å². The Bertz CT molecular complexity index is 473. The molecule has 5 heteroatoms. The summed E-state index contributed by atoms with van der Waals surface area (Å²) >= 11 is 4.75. The maximum absolute atomic E-state index is 13.0. The average Bonchev–Trinajstić information content (AvgIpc) is 2.77. The van der Waals surface area contributed by atoms with Gasteiger partial charge in [-0.15, -0.1) is 11.3 Å². The van der Waals surface area contributed by atoms with E-state index < -0.39 is 0 Å². The summed E-state index contributed by atoms with van der Waals surface area (Å²) in [7, 11) is 0. The molecule has 0 spiro atoms. The third kappa shape index (κ3) is 2.59. The largest absolute Gasteiger partial charge is 0.376 e. The minimum absolute atomic E-state index is 0.123. The van der Waals surface area contributed by atoms with Crippen LogP contribution in [-0.4, -0.2) is 4.98 Å². The molecule has 0 saturated heterocycles. The second-order valence-corrected chi connectivity index (χ2v) is 5.15. The van der Waals surface area contributed by atoms with Gasteiger partial charge in [-0.1, -0.05) is 0 Å². The van der Waals surface area contributed by atoms with Crippen LogP contribution in [0.15, 0.2) is 34.2 Å². The van der Waals surface area contributed by atoms with Gasteiger partial charge in [0.15, 0.2) is 0 Å². The molecule has 0 aliphatic carbocycles. The van der Waals surface area contributed by atoms with Crippen molar-refractivity contribution in [1.82, 2.24) is 4.98 Å². The Hall–Kier alpha value is -0.940. The SMILES string of the molecule is CC(Nc1ccc(F)c(Br)c1)c1nccs1. The van der Waals surface area contributed by atoms with Crippen LogP contribution in [0.1, 0.15) is 18.0 Å². The van der Waals surface area contributed by atoms with Crippen LogP contribution in [0.4, 0.5) is 10.1 Å². The number of halogens is 2. The van der Waals surface area contributed by atoms with E-state index in [1.54, 1.807) is 29.7 Å². The van der Waals surface area contributed by atoms with Crippen LogP contribution in [0, 0.1) is 5.82 Å². The molecule has 1 unspecified atom stereocenters. The molecule has 0 radical (unpaired) electrons. The number of rotatable bonds is 3. The minimum atomic E-state index is -0.257. The molecular weight excluding hydrogens is 291 g/mol. The zero-order valence-corrected chi connectivity index (χ0v) is 11.0. The highest BCUT2D eigenvalue weighted by Gasteiger charge is 2.08. The predicted molar refractivity (Wildman–Crippen MR) is 68.3 cm³/mol. The van der Waals surface area contributed by atoms with Gasteiger partial charge in [0, 0.05) is 17.3 Å². The fourth-order valence-electron chi connectivity index (χ4n) is 1.35. The molecule has 2 aromatic rings. The van der Waals surface area contributed by atoms with Crippen molar-refractivity contribution < 1.29 is 4.39 Å². The van der Waals surface area contributed by atoms with Crippen molar-refractivity contribution in [3.05, 3.63) is 45.1 Å². The molecule has 0 fully saturated rings. The lowest BCUT2D eigenvalue weighted by Gasteiger charge is -2.12. The summed E-state index contributed by atoms with van der Waals surface area (Å²) in [4.78, 5) is 4.22. The molecule has 1 atom stereocenters. The van der Waals surface area contributed by atoms with Crippen LogP contribution in [-0.2, 0) is 0 Å². The number of hydrogen-bond donors (Lipinski definition) is 1. The topological polar surface area (TPSA) is 24.9 Å². The third-order valence-corrected chi connectivity index (χ3v) is 3.69. The number of thiazole rings is 1. The minimum Gasteiger partial charge on any atom is -0.376 e. The second kappa shape index (κ2) is 4.93. The highest BCUT2D eigenvalue weighted by molar-refractivity contribution is 9.10. The molecule has 1 aromatic heterocycles. The lowest BCUT2D eigenvalue weighted by atomic mass is 10.2. The van der Waals surface area contributed by atoms with Crippen LogP contribution in [0.3, 0.4) is 0 Å². The first-order valence-electron chi connectivity index (χ1n) is 4.78. The van der Waals surface area contributed by atoms with Crippen molar-refractivity contribution in [2.24, 2.45) is 0 Å². The van der Waals surface area contributed by atoms with Gasteiger partial charge in [0.05, 0.1) is 10.5 Å². The van der Waals surface area contributed by atoms with E-state index in [-0.39, 0.29) is 11.9 Å². The number of nitrogens with one attached hydrogen (secondary N) is 1. The molecule has 1 N–H and O–H groups in total. The molecule has 2 rings (SSSR count). The summed E-state index contributed by atoms with van der Waals surface area (Å²) in [5.41, 5.74) is 0.871. The molecule has 2 nitrogen and oxygen atoms in total. The van der Waals surface area contributed by atoms with Gasteiger partial charge in [0.2, 0.25) is 0 Å². The van der Waals surface area contributed by atoms with Gasteiger partial charge >= 0.3 is 0 Å². The van der Waals surface area contributed by atoms with Gasteiger partial charge in [-0.25, -0.2) is 9.37 Å². The fraction of sp³-hybridized carbons (Fsp3) is 0.182. The number of benzene rings is 1. The molecule has 0 amide bonds. The quantitative estimate of drug-likeness (QED) is 0.918. The highest BCUT2D eigenvalue weighted by atomic mass is 79.9. The Morgan fingerprint density at radius 1 is 1.50 bits per heavy atom. The van der Waals surface area contributed by atoms with E-state index in [2.05, 4.69) is 26.2 Å². The molecule has 1 heterocycles. The van der Waals surface area contributed by atoms with Crippen molar-refractivity contribution in [2.45, 2.75) is 13.0 Å². The molecule has 0 saturated carbocycles. The van der Waals surface area contributed by atoms with Crippen LogP contribution in [0.2, 0.25) is 0 Å². The summed E-state index contributed by atoms with van der Waals surface area (Å²) in [5, 5.41) is 6.22. The van der Waals surface area contributed by atoms with Crippen LogP contribution in [0.5, 0.6) is 0 Å². The normalized spacial score (nSPS) is 12.4. The van der Waals surface area contributed by atoms with Crippen LogP contribution < -0.4 is 5.32 Å². The first-order valence-corrected chi connectivity index (χ1v) is 6.45. The van der Waals surface area contributed by atoms with Crippen molar-refractivity contribution in [1.29, 1.82) is 0 Å². The molecule has 16 heavy (non-hydrogen) atoms. The van der Waals surface area contributed by atoms with E-state index in [0.29, 0.717) is 4.47 Å². The second-order valence-electron chi connectivity index (χ2n) is 3.37. The van der Waals surface area contributed by atoms with Crippen molar-refractivity contribution in [3.8, 4) is 0 Å². The third-order valence-electron chi connectivity index (χ3n) is 2.12. The van der Waals surface area contributed by atoms with E-state index in [9.17, 15) is 4.39 Å². The highest BCUT2D eigenvalue weighted by Crippen LogP contribution is 2.24. The van der Waals surface area contributed by atoms with E-state index in [1.165, 1.54) is 6.07 Å². The Morgan fingerprint density at radius 2 is 2.31 bits per heavy atom. The summed E-state index contributed by atoms with van der Waals surface area (Å²) in [6.07, 6.45) is 1.78. The lowest BCUT2D eigenvalue weighted by Crippen LogP contribution is -2.06. The fourth-order valence-corrected chi connectivity index (χ4v) is 2.37. The maximum Gasteiger partial charge on any atom is 0.137 e. The lowest BCUT2D eigenvalue weighted by molar-refractivity contribution is 0.621. The summed E-state index contributed by atoms with van der Waals surface area (Å²) in [6, 6.07) is 4.99. The first kappa shape index (κ1) is 11.5. The van der Waals surface area contributed by atoms with Crippen molar-refractivity contribution in [2.75, 3.05) is 5.32 Å². The van der Waals surface area contributed by atoms with Crippen LogP contribution in [0.25, 0.3) is 0 Å². The summed E-state index contributed by atoms with van der Waals surface area (Å²) in [5.74, 6) is -0.257. The standard InChI is InChI=1S/C11H10BrFN2S/c1-7(11-14-4-5-16-11)15-8-2-3-10(13)9(12)6-8/h2-7,15H,1H3. The molecule has 84 valence electrons. The van der Waals surface area contributed by atoms with Gasteiger partial charge in [-0.05, 0) is 41.1 Å². The van der Waals surface area contributed by atoms with Gasteiger partial charge in [0.1, 0.15) is 10.8 Å². The molecule has 0 bridgehead atoms. The van der Waals surface area contributed by atoms with Gasteiger partial charge in [-0.2, -0.15) is 0 Å². The zero-order chi connectivity index (χ0) is 11.5. The summed E-state index contributed by atoms with van der Waals surface area (Å²) < 4.78 is 13.5. The zero-order valence-electron chi connectivity index (χ0n) is 8.58. The number of hydrogen-bond acceptors (Lipinski definition) is 3. The molecule has 0 aliphatic rings. The predicted octanol–water partition coefficient (Wildman–Crippen LogP) is 4.22. The Kier molecular flexibility index (Phi) is 3.56. The number of aromatic nitrogens is 1. The van der Waals surface area contributed by atoms with E-state index in [4.69, 9.17) is 0 Å². The van der Waals surface area contributed by atoms with Crippen molar-refractivity contribution >= 4 is 33.0 Å². The number of nitrogens with zero attached hydrogens (tertiary/aromatic N) is 1. The summed E-state index contributed by atoms with van der Waals surface area (Å²) in [6.45, 7) is 2.02. The smallest absolute Gasteiger partial charge is 0.137 e. The Labute approximate surface area is 106 Å². The van der Waals surface area contributed by atoms with E-state index in [1.807, 2.05) is 12.3 Å². The van der Waals surface area contributed by atoms with Gasteiger partial charge in [0.25, 0.3) is 0 Å². The van der Waals surface area contributed by atoms with Crippen LogP contribution >= 0.6 is 27.3 Å². The number of anilines is 1. The Balaban J connectivity index is 2.12. The first-order chi connectivity index (χ1) is 7.66. The Morgan fingerprint density at radius 3 is 2.94 bits per heavy atom. The van der Waals surface area contributed by atoms with E-state index >= 15 is 0 Å². The molecular formula is C11H10BrFN2S. The molecule has 0 aliphatic heterocycles. The average molecular weight is 301 g/mol. The van der Waals surface area contributed by atoms with Gasteiger partial charge in [-0.3, -0.25) is 0 Å². The van der Waals surface area contributed by atoms with E-state index in [0.717, 1.165) is 10.7 Å².